The van der Waals surface area contributed by atoms with E-state index in [1.54, 1.807) is 36.4 Å². The van der Waals surface area contributed by atoms with Crippen molar-refractivity contribution in [1.82, 2.24) is 4.98 Å². The number of pyridine rings is 1. The van der Waals surface area contributed by atoms with Gasteiger partial charge in [0.2, 0.25) is 0 Å². The number of fused-ring (bicyclic) bond motifs is 1. The summed E-state index contributed by atoms with van der Waals surface area (Å²) in [5.74, 6) is -1.04. The van der Waals surface area contributed by atoms with Crippen molar-refractivity contribution in [2.24, 2.45) is 0 Å². The van der Waals surface area contributed by atoms with E-state index in [2.05, 4.69) is 4.98 Å². The highest BCUT2D eigenvalue weighted by molar-refractivity contribution is 6.36. The molecule has 0 aliphatic heterocycles. The van der Waals surface area contributed by atoms with Gasteiger partial charge in [-0.2, -0.15) is 0 Å². The van der Waals surface area contributed by atoms with Gasteiger partial charge in [-0.3, -0.25) is 0 Å². The van der Waals surface area contributed by atoms with Crippen LogP contribution in [0, 0.1) is 0 Å². The minimum absolute atomic E-state index is 0.126. The molecule has 0 radical (unpaired) electrons. The Morgan fingerprint density at radius 1 is 1.05 bits per heavy atom. The SMILES string of the molecule is O=C(O)c1cc(-c2cccc(Cl)c2)nc2cccc(Cl)c12. The zero-order valence-corrected chi connectivity index (χ0v) is 12.2. The van der Waals surface area contributed by atoms with E-state index in [9.17, 15) is 9.90 Å². The molecule has 0 unspecified atom stereocenters. The van der Waals surface area contributed by atoms with E-state index in [1.165, 1.54) is 6.07 Å². The Kier molecular flexibility index (Phi) is 3.53. The highest BCUT2D eigenvalue weighted by atomic mass is 35.5. The molecule has 0 saturated heterocycles. The van der Waals surface area contributed by atoms with Crippen LogP contribution in [0.4, 0.5) is 0 Å². The molecular formula is C16H9Cl2NO2. The van der Waals surface area contributed by atoms with Gasteiger partial charge in [-0.1, -0.05) is 41.4 Å². The van der Waals surface area contributed by atoms with E-state index in [1.807, 2.05) is 6.07 Å². The third-order valence-electron chi connectivity index (χ3n) is 3.13. The topological polar surface area (TPSA) is 50.2 Å². The van der Waals surface area contributed by atoms with Crippen molar-refractivity contribution in [1.29, 1.82) is 0 Å². The molecule has 0 aliphatic rings. The van der Waals surface area contributed by atoms with Crippen LogP contribution in [0.1, 0.15) is 10.4 Å². The van der Waals surface area contributed by atoms with Gasteiger partial charge in [-0.25, -0.2) is 9.78 Å². The maximum atomic E-state index is 11.5. The fourth-order valence-electron chi connectivity index (χ4n) is 2.21. The lowest BCUT2D eigenvalue weighted by atomic mass is 10.0. The molecule has 5 heteroatoms. The minimum Gasteiger partial charge on any atom is -0.478 e. The van der Waals surface area contributed by atoms with Crippen LogP contribution in [0.5, 0.6) is 0 Å². The second kappa shape index (κ2) is 5.35. The van der Waals surface area contributed by atoms with Gasteiger partial charge >= 0.3 is 5.97 Å². The van der Waals surface area contributed by atoms with E-state index in [4.69, 9.17) is 23.2 Å². The highest BCUT2D eigenvalue weighted by Gasteiger charge is 2.15. The molecule has 0 amide bonds. The average Bonchev–Trinajstić information content (AvgIpc) is 2.46. The standard InChI is InChI=1S/C16H9Cl2NO2/c17-10-4-1-3-9(7-10)14-8-11(16(20)21)15-12(18)5-2-6-13(15)19-14/h1-8H,(H,20,21). The highest BCUT2D eigenvalue weighted by Crippen LogP contribution is 2.30. The van der Waals surface area contributed by atoms with Crippen LogP contribution in [0.15, 0.2) is 48.5 Å². The smallest absolute Gasteiger partial charge is 0.336 e. The first-order valence-electron chi connectivity index (χ1n) is 6.15. The van der Waals surface area contributed by atoms with E-state index in [0.29, 0.717) is 26.6 Å². The lowest BCUT2D eigenvalue weighted by Gasteiger charge is -2.08. The minimum atomic E-state index is -1.04. The van der Waals surface area contributed by atoms with Crippen LogP contribution in [0.3, 0.4) is 0 Å². The Morgan fingerprint density at radius 2 is 1.81 bits per heavy atom. The van der Waals surface area contributed by atoms with Crippen LogP contribution < -0.4 is 0 Å². The van der Waals surface area contributed by atoms with Crippen LogP contribution in [-0.4, -0.2) is 16.1 Å². The molecule has 0 saturated carbocycles. The monoisotopic (exact) mass is 317 g/mol. The molecule has 2 aromatic carbocycles. The summed E-state index contributed by atoms with van der Waals surface area (Å²) in [6.45, 7) is 0. The molecule has 0 spiro atoms. The number of halogens is 2. The summed E-state index contributed by atoms with van der Waals surface area (Å²) in [5, 5.41) is 10.8. The fourth-order valence-corrected chi connectivity index (χ4v) is 2.67. The van der Waals surface area contributed by atoms with Gasteiger partial charge < -0.3 is 5.11 Å². The lowest BCUT2D eigenvalue weighted by Crippen LogP contribution is -2.00. The van der Waals surface area contributed by atoms with Gasteiger partial charge in [0, 0.05) is 16.0 Å². The predicted octanol–water partition coefficient (Wildman–Crippen LogP) is 4.91. The number of rotatable bonds is 2. The van der Waals surface area contributed by atoms with Crippen molar-refractivity contribution in [3.8, 4) is 11.3 Å². The zero-order valence-electron chi connectivity index (χ0n) is 10.7. The van der Waals surface area contributed by atoms with Crippen molar-refractivity contribution >= 4 is 40.1 Å². The Bertz CT molecular complexity index is 862. The summed E-state index contributed by atoms with van der Waals surface area (Å²) in [7, 11) is 0. The number of carbonyl (C=O) groups is 1. The summed E-state index contributed by atoms with van der Waals surface area (Å²) in [6, 6.07) is 13.8. The first kappa shape index (κ1) is 13.9. The number of hydrogen-bond acceptors (Lipinski definition) is 2. The molecule has 1 aromatic heterocycles. The molecule has 3 rings (SSSR count). The van der Waals surface area contributed by atoms with Crippen LogP contribution in [-0.2, 0) is 0 Å². The Balaban J connectivity index is 2.34. The number of nitrogens with zero attached hydrogens (tertiary/aromatic N) is 1. The summed E-state index contributed by atoms with van der Waals surface area (Å²) in [4.78, 5) is 16.0. The van der Waals surface area contributed by atoms with Crippen molar-refractivity contribution in [3.05, 3.63) is 64.1 Å². The van der Waals surface area contributed by atoms with Crippen LogP contribution in [0.25, 0.3) is 22.2 Å². The van der Waals surface area contributed by atoms with E-state index in [0.717, 1.165) is 5.56 Å². The Labute approximate surface area is 130 Å². The summed E-state index contributed by atoms with van der Waals surface area (Å²) < 4.78 is 0. The second-order valence-electron chi connectivity index (χ2n) is 4.50. The molecule has 104 valence electrons. The molecule has 0 bridgehead atoms. The van der Waals surface area contributed by atoms with Gasteiger partial charge in [-0.15, -0.1) is 0 Å². The molecule has 1 heterocycles. The zero-order chi connectivity index (χ0) is 15.0. The molecule has 3 nitrogen and oxygen atoms in total. The largest absolute Gasteiger partial charge is 0.478 e. The molecule has 0 fully saturated rings. The number of hydrogen-bond donors (Lipinski definition) is 1. The van der Waals surface area contributed by atoms with Gasteiger partial charge in [0.05, 0.1) is 21.8 Å². The van der Waals surface area contributed by atoms with Crippen molar-refractivity contribution in [2.75, 3.05) is 0 Å². The number of benzene rings is 2. The van der Waals surface area contributed by atoms with Crippen molar-refractivity contribution < 1.29 is 9.90 Å². The van der Waals surface area contributed by atoms with E-state index < -0.39 is 5.97 Å². The number of carboxylic acids is 1. The van der Waals surface area contributed by atoms with E-state index >= 15 is 0 Å². The lowest BCUT2D eigenvalue weighted by molar-refractivity contribution is 0.0699. The second-order valence-corrected chi connectivity index (χ2v) is 5.35. The number of carboxylic acid groups (broad SMARTS) is 1. The maximum Gasteiger partial charge on any atom is 0.336 e. The van der Waals surface area contributed by atoms with E-state index in [-0.39, 0.29) is 5.56 Å². The van der Waals surface area contributed by atoms with Gasteiger partial charge in [0.15, 0.2) is 0 Å². The third kappa shape index (κ3) is 2.58. The molecule has 0 atom stereocenters. The molecule has 21 heavy (non-hydrogen) atoms. The average molecular weight is 318 g/mol. The van der Waals surface area contributed by atoms with Crippen LogP contribution >= 0.6 is 23.2 Å². The number of aromatic carboxylic acids is 1. The normalized spacial score (nSPS) is 10.8. The third-order valence-corrected chi connectivity index (χ3v) is 3.68. The Hall–Kier alpha value is -2.10. The predicted molar refractivity (Wildman–Crippen MR) is 84.2 cm³/mol. The van der Waals surface area contributed by atoms with Crippen molar-refractivity contribution in [3.63, 3.8) is 0 Å². The van der Waals surface area contributed by atoms with Crippen LogP contribution in [0.2, 0.25) is 10.0 Å². The summed E-state index contributed by atoms with van der Waals surface area (Å²) >= 11 is 12.1. The van der Waals surface area contributed by atoms with Gasteiger partial charge in [-0.05, 0) is 30.3 Å². The molecule has 1 N–H and O–H groups in total. The first-order valence-corrected chi connectivity index (χ1v) is 6.90. The maximum absolute atomic E-state index is 11.5. The van der Waals surface area contributed by atoms with Crippen molar-refractivity contribution in [2.45, 2.75) is 0 Å². The Morgan fingerprint density at radius 3 is 2.52 bits per heavy atom. The van der Waals surface area contributed by atoms with Gasteiger partial charge in [0.25, 0.3) is 0 Å². The summed E-state index contributed by atoms with van der Waals surface area (Å²) in [5.41, 5.74) is 1.97. The molecular weight excluding hydrogens is 309 g/mol. The number of aromatic nitrogens is 1. The molecule has 3 aromatic rings. The molecule has 0 aliphatic carbocycles. The van der Waals surface area contributed by atoms with Gasteiger partial charge in [0.1, 0.15) is 0 Å². The quantitative estimate of drug-likeness (QED) is 0.730. The fraction of sp³-hybridized carbons (Fsp3) is 0. The summed E-state index contributed by atoms with van der Waals surface area (Å²) in [6.07, 6.45) is 0. The first-order chi connectivity index (χ1) is 10.1.